The Hall–Kier alpha value is -4.91. The van der Waals surface area contributed by atoms with E-state index >= 15 is 0 Å². The van der Waals surface area contributed by atoms with Crippen LogP contribution in [0, 0.1) is 0 Å². The van der Waals surface area contributed by atoms with Crippen molar-refractivity contribution in [1.82, 2.24) is 10.2 Å². The number of ether oxygens (including phenoxy) is 2. The second-order valence-electron chi connectivity index (χ2n) is 11.4. The Bertz CT molecular complexity index is 1510. The standard InChI is InChI=1S/C36H38N2O5/c1-36(2,3)43-35(41)37-32(34(40)42-25-27-12-7-5-8-13-27)23-26-18-20-29(21-19-26)31-17-11-14-28(22-31)24-38(4)33(39)30-15-9-6-10-16-30/h5-22,32H,23-25H2,1-4H3,(H,37,41). The van der Waals surface area contributed by atoms with Gasteiger partial charge in [-0.3, -0.25) is 4.79 Å². The summed E-state index contributed by atoms with van der Waals surface area (Å²) >= 11 is 0. The molecule has 0 bridgehead atoms. The highest BCUT2D eigenvalue weighted by Crippen LogP contribution is 2.23. The Morgan fingerprint density at radius 3 is 2.02 bits per heavy atom. The van der Waals surface area contributed by atoms with E-state index in [-0.39, 0.29) is 18.9 Å². The molecule has 4 aromatic carbocycles. The summed E-state index contributed by atoms with van der Waals surface area (Å²) in [6.45, 7) is 5.88. The Morgan fingerprint density at radius 2 is 1.37 bits per heavy atom. The van der Waals surface area contributed by atoms with E-state index in [0.29, 0.717) is 12.1 Å². The summed E-state index contributed by atoms with van der Waals surface area (Å²) in [6.07, 6.45) is -0.446. The lowest BCUT2D eigenvalue weighted by atomic mass is 9.99. The molecule has 0 aliphatic heterocycles. The molecule has 0 saturated carbocycles. The van der Waals surface area contributed by atoms with Gasteiger partial charge >= 0.3 is 12.1 Å². The number of alkyl carbamates (subject to hydrolysis) is 1. The first kappa shape index (κ1) is 31.0. The third-order valence-corrected chi connectivity index (χ3v) is 6.64. The SMILES string of the molecule is CN(Cc1cccc(-c2ccc(CC(NC(=O)OC(C)(C)C)C(=O)OCc3ccccc3)cc2)c1)C(=O)c1ccccc1. The number of hydrogen-bond donors (Lipinski definition) is 1. The number of hydrogen-bond acceptors (Lipinski definition) is 5. The van der Waals surface area contributed by atoms with Crippen molar-refractivity contribution in [3.63, 3.8) is 0 Å². The molecule has 7 heteroatoms. The highest BCUT2D eigenvalue weighted by Gasteiger charge is 2.26. The Balaban J connectivity index is 1.44. The van der Waals surface area contributed by atoms with Crippen molar-refractivity contribution in [3.8, 4) is 11.1 Å². The van der Waals surface area contributed by atoms with Crippen LogP contribution in [0.25, 0.3) is 11.1 Å². The molecule has 0 saturated heterocycles. The molecule has 2 amide bonds. The molecule has 0 radical (unpaired) electrons. The van der Waals surface area contributed by atoms with Crippen molar-refractivity contribution in [2.75, 3.05) is 7.05 Å². The molecular formula is C36H38N2O5. The van der Waals surface area contributed by atoms with E-state index < -0.39 is 23.7 Å². The molecule has 1 atom stereocenters. The predicted octanol–water partition coefficient (Wildman–Crippen LogP) is 6.81. The largest absolute Gasteiger partial charge is 0.459 e. The zero-order valence-corrected chi connectivity index (χ0v) is 25.1. The van der Waals surface area contributed by atoms with E-state index in [9.17, 15) is 14.4 Å². The smallest absolute Gasteiger partial charge is 0.408 e. The fourth-order valence-corrected chi connectivity index (χ4v) is 4.54. The minimum atomic E-state index is -0.926. The van der Waals surface area contributed by atoms with Crippen molar-refractivity contribution in [3.05, 3.63) is 131 Å². The van der Waals surface area contributed by atoms with E-state index in [1.165, 1.54) is 0 Å². The average molecular weight is 579 g/mol. The van der Waals surface area contributed by atoms with Gasteiger partial charge in [0.2, 0.25) is 0 Å². The summed E-state index contributed by atoms with van der Waals surface area (Å²) in [5.74, 6) is -0.576. The van der Waals surface area contributed by atoms with Crippen LogP contribution in [0.3, 0.4) is 0 Å². The Labute approximate surface area is 253 Å². The van der Waals surface area contributed by atoms with E-state index in [0.717, 1.165) is 27.8 Å². The molecule has 0 aliphatic rings. The second kappa shape index (κ2) is 14.3. The lowest BCUT2D eigenvalue weighted by Gasteiger charge is -2.23. The van der Waals surface area contributed by atoms with Crippen LogP contribution in [0.4, 0.5) is 4.79 Å². The quantitative estimate of drug-likeness (QED) is 0.209. The third kappa shape index (κ3) is 9.57. The molecule has 4 rings (SSSR count). The first-order valence-electron chi connectivity index (χ1n) is 14.3. The lowest BCUT2D eigenvalue weighted by Crippen LogP contribution is -2.45. The minimum Gasteiger partial charge on any atom is -0.459 e. The zero-order valence-electron chi connectivity index (χ0n) is 25.1. The monoisotopic (exact) mass is 578 g/mol. The van der Waals surface area contributed by atoms with Crippen LogP contribution in [0.2, 0.25) is 0 Å². The van der Waals surface area contributed by atoms with Crippen LogP contribution >= 0.6 is 0 Å². The van der Waals surface area contributed by atoms with Gasteiger partial charge in [0.1, 0.15) is 18.2 Å². The van der Waals surface area contributed by atoms with E-state index in [4.69, 9.17) is 9.47 Å². The molecule has 0 aliphatic carbocycles. The summed E-state index contributed by atoms with van der Waals surface area (Å²) in [4.78, 5) is 40.1. The fraction of sp³-hybridized carbons (Fsp3) is 0.250. The first-order chi connectivity index (χ1) is 20.6. The van der Waals surface area contributed by atoms with Crippen LogP contribution in [0.15, 0.2) is 109 Å². The van der Waals surface area contributed by atoms with Gasteiger partial charge in [0.05, 0.1) is 0 Å². The highest BCUT2D eigenvalue weighted by molar-refractivity contribution is 5.94. The first-order valence-corrected chi connectivity index (χ1v) is 14.3. The van der Waals surface area contributed by atoms with Crippen LogP contribution < -0.4 is 5.32 Å². The number of amides is 2. The minimum absolute atomic E-state index is 0.0350. The average Bonchev–Trinajstić information content (AvgIpc) is 2.99. The zero-order chi connectivity index (χ0) is 30.8. The van der Waals surface area contributed by atoms with Crippen LogP contribution in [-0.4, -0.2) is 41.6 Å². The lowest BCUT2D eigenvalue weighted by molar-refractivity contribution is -0.147. The number of nitrogens with one attached hydrogen (secondary N) is 1. The number of carbonyl (C=O) groups is 3. The van der Waals surface area contributed by atoms with Gasteiger partial charge in [-0.05, 0) is 66.8 Å². The second-order valence-corrected chi connectivity index (χ2v) is 11.4. The van der Waals surface area contributed by atoms with Gasteiger partial charge in [-0.25, -0.2) is 9.59 Å². The van der Waals surface area contributed by atoms with E-state index in [1.807, 2.05) is 103 Å². The number of benzene rings is 4. The van der Waals surface area contributed by atoms with Crippen LogP contribution in [-0.2, 0) is 33.8 Å². The third-order valence-electron chi connectivity index (χ3n) is 6.64. The molecule has 222 valence electrons. The topological polar surface area (TPSA) is 84.9 Å². The van der Waals surface area contributed by atoms with Crippen molar-refractivity contribution in [2.45, 2.75) is 52.0 Å². The number of nitrogens with zero attached hydrogens (tertiary/aromatic N) is 1. The van der Waals surface area contributed by atoms with Gasteiger partial charge in [-0.1, -0.05) is 91.0 Å². The number of carbonyl (C=O) groups excluding carboxylic acids is 3. The molecule has 1 N–H and O–H groups in total. The van der Waals surface area contributed by atoms with Crippen LogP contribution in [0.1, 0.15) is 47.8 Å². The fourth-order valence-electron chi connectivity index (χ4n) is 4.54. The Kier molecular flexibility index (Phi) is 10.3. The summed E-state index contributed by atoms with van der Waals surface area (Å²) in [5, 5.41) is 2.68. The normalized spacial score (nSPS) is 11.7. The van der Waals surface area contributed by atoms with Crippen molar-refractivity contribution < 1.29 is 23.9 Å². The maximum atomic E-state index is 13.1. The molecular weight excluding hydrogens is 540 g/mol. The molecule has 43 heavy (non-hydrogen) atoms. The molecule has 1 unspecified atom stereocenters. The summed E-state index contributed by atoms with van der Waals surface area (Å²) in [5.41, 5.74) is 4.67. The van der Waals surface area contributed by atoms with Crippen molar-refractivity contribution in [1.29, 1.82) is 0 Å². The summed E-state index contributed by atoms with van der Waals surface area (Å²) in [6, 6.07) is 33.6. The molecule has 4 aromatic rings. The van der Waals surface area contributed by atoms with Gasteiger partial charge < -0.3 is 19.7 Å². The van der Waals surface area contributed by atoms with Gasteiger partial charge in [0.25, 0.3) is 5.91 Å². The number of rotatable bonds is 10. The van der Waals surface area contributed by atoms with Gasteiger partial charge in [-0.15, -0.1) is 0 Å². The van der Waals surface area contributed by atoms with Crippen LogP contribution in [0.5, 0.6) is 0 Å². The van der Waals surface area contributed by atoms with Crippen molar-refractivity contribution >= 4 is 18.0 Å². The van der Waals surface area contributed by atoms with Crippen molar-refractivity contribution in [2.24, 2.45) is 0 Å². The molecule has 0 spiro atoms. The van der Waals surface area contributed by atoms with E-state index in [1.54, 1.807) is 32.7 Å². The summed E-state index contributed by atoms with van der Waals surface area (Å²) in [7, 11) is 1.80. The highest BCUT2D eigenvalue weighted by atomic mass is 16.6. The maximum absolute atomic E-state index is 13.1. The Morgan fingerprint density at radius 1 is 0.744 bits per heavy atom. The number of esters is 1. The predicted molar refractivity (Wildman–Crippen MR) is 167 cm³/mol. The summed E-state index contributed by atoms with van der Waals surface area (Å²) < 4.78 is 10.9. The molecule has 7 nitrogen and oxygen atoms in total. The van der Waals surface area contributed by atoms with Gasteiger partial charge in [0.15, 0.2) is 0 Å². The maximum Gasteiger partial charge on any atom is 0.408 e. The molecule has 0 aromatic heterocycles. The van der Waals surface area contributed by atoms with Gasteiger partial charge in [-0.2, -0.15) is 0 Å². The molecule has 0 fully saturated rings. The van der Waals surface area contributed by atoms with E-state index in [2.05, 4.69) is 11.4 Å². The molecule has 0 heterocycles. The van der Waals surface area contributed by atoms with Gasteiger partial charge in [0, 0.05) is 25.6 Å².